The highest BCUT2D eigenvalue weighted by atomic mass is 32.1. The van der Waals surface area contributed by atoms with Crippen molar-refractivity contribution in [1.29, 1.82) is 0 Å². The van der Waals surface area contributed by atoms with Gasteiger partial charge in [-0.05, 0) is 29.1 Å². The van der Waals surface area contributed by atoms with E-state index in [0.29, 0.717) is 15.8 Å². The molecule has 0 bridgehead atoms. The van der Waals surface area contributed by atoms with Gasteiger partial charge >= 0.3 is 6.18 Å². The molecule has 1 unspecified atom stereocenters. The lowest BCUT2D eigenvalue weighted by atomic mass is 9.77. The summed E-state index contributed by atoms with van der Waals surface area (Å²) in [5.41, 5.74) is 3.65. The topological polar surface area (TPSA) is 97.5 Å². The van der Waals surface area contributed by atoms with Crippen LogP contribution in [0.5, 0.6) is 0 Å². The lowest BCUT2D eigenvalue weighted by Gasteiger charge is -2.27. The van der Waals surface area contributed by atoms with Gasteiger partial charge in [-0.2, -0.15) is 18.3 Å². The van der Waals surface area contributed by atoms with Gasteiger partial charge in [-0.1, -0.05) is 24.3 Å². The number of aromatic nitrogens is 4. The van der Waals surface area contributed by atoms with Crippen molar-refractivity contribution in [3.05, 3.63) is 76.1 Å². The molecule has 3 N–H and O–H groups in total. The number of nitrogens with one attached hydrogen (secondary N) is 1. The molecule has 142 valence electrons. The van der Waals surface area contributed by atoms with E-state index in [4.69, 9.17) is 5.73 Å². The highest BCUT2D eigenvalue weighted by Crippen LogP contribution is 2.40. The maximum Gasteiger partial charge on any atom is 0.433 e. The number of pyridine rings is 1. The number of H-pyrrole nitrogens is 1. The van der Waals surface area contributed by atoms with Gasteiger partial charge in [-0.15, -0.1) is 11.3 Å². The van der Waals surface area contributed by atoms with E-state index in [9.17, 15) is 18.0 Å². The van der Waals surface area contributed by atoms with Crippen LogP contribution in [0.2, 0.25) is 0 Å². The van der Waals surface area contributed by atoms with E-state index in [0.717, 1.165) is 6.07 Å². The van der Waals surface area contributed by atoms with Gasteiger partial charge < -0.3 is 5.73 Å². The smallest absolute Gasteiger partial charge is 0.368 e. The second-order valence-electron chi connectivity index (χ2n) is 6.02. The van der Waals surface area contributed by atoms with Crippen LogP contribution in [-0.4, -0.2) is 26.1 Å². The van der Waals surface area contributed by atoms with E-state index < -0.39 is 23.2 Å². The van der Waals surface area contributed by atoms with Crippen molar-refractivity contribution >= 4 is 28.1 Å². The SMILES string of the molecule is NC(=O)C(c1ccc2ccc(C(F)(F)F)nc2c1)(c1nc[nH]n1)c1cccs1. The second kappa shape index (κ2) is 6.41. The number of thiophene rings is 1. The van der Waals surface area contributed by atoms with Gasteiger partial charge in [0, 0.05) is 10.3 Å². The summed E-state index contributed by atoms with van der Waals surface area (Å²) in [6, 6.07) is 10.3. The lowest BCUT2D eigenvalue weighted by Crippen LogP contribution is -2.43. The Hall–Kier alpha value is -3.27. The molecule has 3 aromatic heterocycles. The van der Waals surface area contributed by atoms with Crippen LogP contribution in [0.15, 0.2) is 54.2 Å². The molecular weight excluding hydrogens is 391 g/mol. The van der Waals surface area contributed by atoms with E-state index in [2.05, 4.69) is 20.2 Å². The third-order valence-corrected chi connectivity index (χ3v) is 5.42. The Balaban J connectivity index is 2.02. The minimum Gasteiger partial charge on any atom is -0.368 e. The van der Waals surface area contributed by atoms with Crippen LogP contribution in [0.4, 0.5) is 13.2 Å². The van der Waals surface area contributed by atoms with Crippen LogP contribution in [0, 0.1) is 0 Å². The molecule has 0 spiro atoms. The number of alkyl halides is 3. The molecule has 4 aromatic rings. The van der Waals surface area contributed by atoms with Gasteiger partial charge in [0.05, 0.1) is 5.52 Å². The van der Waals surface area contributed by atoms with Crippen LogP contribution in [0.1, 0.15) is 22.0 Å². The molecule has 0 aliphatic carbocycles. The Morgan fingerprint density at radius 3 is 2.54 bits per heavy atom. The first kappa shape index (κ1) is 18.1. The predicted octanol–water partition coefficient (Wildman–Crippen LogP) is 3.25. The van der Waals surface area contributed by atoms with Gasteiger partial charge in [0.15, 0.2) is 11.2 Å². The summed E-state index contributed by atoms with van der Waals surface area (Å²) in [5.74, 6) is -0.644. The third-order valence-electron chi connectivity index (χ3n) is 4.43. The molecule has 0 fully saturated rings. The van der Waals surface area contributed by atoms with Crippen molar-refractivity contribution in [2.45, 2.75) is 11.6 Å². The number of nitrogens with zero attached hydrogens (tertiary/aromatic N) is 3. The third kappa shape index (κ3) is 2.73. The Kier molecular flexibility index (Phi) is 4.15. The zero-order chi connectivity index (χ0) is 19.9. The predicted molar refractivity (Wildman–Crippen MR) is 96.5 cm³/mol. The van der Waals surface area contributed by atoms with Crippen LogP contribution < -0.4 is 5.73 Å². The van der Waals surface area contributed by atoms with Gasteiger partial charge in [0.1, 0.15) is 12.0 Å². The molecule has 28 heavy (non-hydrogen) atoms. The number of benzene rings is 1. The van der Waals surface area contributed by atoms with Crippen molar-refractivity contribution in [2.75, 3.05) is 0 Å². The number of amides is 1. The van der Waals surface area contributed by atoms with Crippen molar-refractivity contribution in [3.8, 4) is 0 Å². The van der Waals surface area contributed by atoms with E-state index in [1.165, 1.54) is 29.8 Å². The Labute approximate surface area is 160 Å². The summed E-state index contributed by atoms with van der Waals surface area (Å²) in [4.78, 5) is 21.1. The van der Waals surface area contributed by atoms with Gasteiger partial charge in [0.25, 0.3) is 0 Å². The van der Waals surface area contributed by atoms with Gasteiger partial charge in [-0.25, -0.2) is 9.97 Å². The maximum absolute atomic E-state index is 13.1. The summed E-state index contributed by atoms with van der Waals surface area (Å²) in [6.45, 7) is 0. The molecular formula is C18H12F3N5OS. The fourth-order valence-electron chi connectivity index (χ4n) is 3.15. The molecule has 4 rings (SSSR count). The molecule has 1 aromatic carbocycles. The normalized spacial score (nSPS) is 14.1. The van der Waals surface area contributed by atoms with E-state index in [-0.39, 0.29) is 11.3 Å². The highest BCUT2D eigenvalue weighted by molar-refractivity contribution is 7.10. The Morgan fingerprint density at radius 1 is 1.14 bits per heavy atom. The molecule has 0 aliphatic rings. The molecule has 0 saturated carbocycles. The molecule has 0 aliphatic heterocycles. The fourth-order valence-corrected chi connectivity index (χ4v) is 4.09. The number of fused-ring (bicyclic) bond motifs is 1. The van der Waals surface area contributed by atoms with Crippen molar-refractivity contribution in [2.24, 2.45) is 5.73 Å². The Morgan fingerprint density at radius 2 is 1.93 bits per heavy atom. The number of hydrogen-bond donors (Lipinski definition) is 2. The molecule has 0 radical (unpaired) electrons. The molecule has 3 heterocycles. The van der Waals surface area contributed by atoms with E-state index >= 15 is 0 Å². The molecule has 0 saturated heterocycles. The number of aromatic amines is 1. The number of nitrogens with two attached hydrogens (primary N) is 1. The minimum absolute atomic E-state index is 0.0880. The standard InChI is InChI=1S/C18H12F3N5OS/c19-18(20,21)13-6-4-10-3-5-11(8-12(10)25-13)17(15(22)27,14-2-1-7-28-14)16-23-9-24-26-16/h1-9H,(H2,22,27)(H,23,24,26). The average Bonchev–Trinajstić information content (AvgIpc) is 3.35. The highest BCUT2D eigenvalue weighted by Gasteiger charge is 2.47. The van der Waals surface area contributed by atoms with Crippen LogP contribution in [-0.2, 0) is 16.4 Å². The Bertz CT molecular complexity index is 1110. The van der Waals surface area contributed by atoms with E-state index in [1.54, 1.807) is 29.6 Å². The zero-order valence-electron chi connectivity index (χ0n) is 14.1. The maximum atomic E-state index is 13.1. The number of rotatable bonds is 4. The number of carbonyl (C=O) groups excluding carboxylic acids is 1. The summed E-state index contributed by atoms with van der Waals surface area (Å²) >= 11 is 1.27. The van der Waals surface area contributed by atoms with Crippen molar-refractivity contribution < 1.29 is 18.0 Å². The number of halogens is 3. The van der Waals surface area contributed by atoms with Gasteiger partial charge in [-0.3, -0.25) is 9.89 Å². The van der Waals surface area contributed by atoms with Crippen molar-refractivity contribution in [3.63, 3.8) is 0 Å². The molecule has 6 nitrogen and oxygen atoms in total. The van der Waals surface area contributed by atoms with Gasteiger partial charge in [0.2, 0.25) is 5.91 Å². The fraction of sp³-hybridized carbons (Fsp3) is 0.111. The molecule has 1 atom stereocenters. The summed E-state index contributed by atoms with van der Waals surface area (Å²) < 4.78 is 39.2. The quantitative estimate of drug-likeness (QED) is 0.547. The first-order chi connectivity index (χ1) is 13.3. The number of primary amides is 1. The van der Waals surface area contributed by atoms with Crippen LogP contribution in [0.25, 0.3) is 10.9 Å². The van der Waals surface area contributed by atoms with Crippen LogP contribution in [0.3, 0.4) is 0 Å². The largest absolute Gasteiger partial charge is 0.433 e. The molecule has 1 amide bonds. The summed E-state index contributed by atoms with van der Waals surface area (Å²) in [7, 11) is 0. The summed E-state index contributed by atoms with van der Waals surface area (Å²) in [6.07, 6.45) is -3.27. The first-order valence-corrected chi connectivity index (χ1v) is 8.90. The monoisotopic (exact) mass is 403 g/mol. The van der Waals surface area contributed by atoms with Crippen molar-refractivity contribution in [1.82, 2.24) is 20.2 Å². The van der Waals surface area contributed by atoms with Crippen LogP contribution >= 0.6 is 11.3 Å². The zero-order valence-corrected chi connectivity index (χ0v) is 14.9. The lowest BCUT2D eigenvalue weighted by molar-refractivity contribution is -0.141. The average molecular weight is 403 g/mol. The molecule has 10 heteroatoms. The number of hydrogen-bond acceptors (Lipinski definition) is 5. The number of carbonyl (C=O) groups is 1. The second-order valence-corrected chi connectivity index (χ2v) is 6.96. The first-order valence-electron chi connectivity index (χ1n) is 8.02. The van der Waals surface area contributed by atoms with E-state index in [1.807, 2.05) is 0 Å². The minimum atomic E-state index is -4.58. The summed E-state index contributed by atoms with van der Waals surface area (Å²) in [5, 5.41) is 8.87.